The molecule has 1 fully saturated rings. The van der Waals surface area contributed by atoms with Crippen LogP contribution < -0.4 is 5.73 Å². The summed E-state index contributed by atoms with van der Waals surface area (Å²) in [6.07, 6.45) is 2.22. The van der Waals surface area contributed by atoms with Gasteiger partial charge in [0.25, 0.3) is 0 Å². The molecule has 0 spiro atoms. The number of carboxylic acid groups (broad SMARTS) is 1. The molecule has 20 heavy (non-hydrogen) atoms. The van der Waals surface area contributed by atoms with Crippen molar-refractivity contribution in [1.29, 1.82) is 0 Å². The maximum Gasteiger partial charge on any atom is 0.407 e. The van der Waals surface area contributed by atoms with Crippen LogP contribution in [0.4, 0.5) is 10.6 Å². The van der Waals surface area contributed by atoms with Gasteiger partial charge in [0.05, 0.1) is 0 Å². The number of nitrogens with zero attached hydrogens (tertiary/aromatic N) is 4. The van der Waals surface area contributed by atoms with Gasteiger partial charge in [-0.05, 0) is 40.8 Å². The summed E-state index contributed by atoms with van der Waals surface area (Å²) in [4.78, 5) is 16.4. The van der Waals surface area contributed by atoms with Crippen molar-refractivity contribution >= 4 is 33.4 Å². The summed E-state index contributed by atoms with van der Waals surface area (Å²) >= 11 is 3.47. The number of halogens is 1. The highest BCUT2D eigenvalue weighted by molar-refractivity contribution is 9.10. The fourth-order valence-electron chi connectivity index (χ4n) is 2.70. The van der Waals surface area contributed by atoms with Gasteiger partial charge in [-0.3, -0.25) is 0 Å². The van der Waals surface area contributed by atoms with Crippen LogP contribution in [0.2, 0.25) is 0 Å². The molecule has 106 valence electrons. The van der Waals surface area contributed by atoms with Crippen LogP contribution in [0, 0.1) is 5.92 Å². The average molecular weight is 340 g/mol. The van der Waals surface area contributed by atoms with E-state index in [2.05, 4.69) is 26.0 Å². The third kappa shape index (κ3) is 2.20. The molecule has 1 aliphatic rings. The van der Waals surface area contributed by atoms with Crippen LogP contribution in [0.3, 0.4) is 0 Å². The van der Waals surface area contributed by atoms with Crippen LogP contribution in [0.15, 0.2) is 16.9 Å². The maximum atomic E-state index is 10.9. The SMILES string of the molecule is Nc1ncnn2c(CC3CCN(C(=O)O)C3)cc(Br)c12. The van der Waals surface area contributed by atoms with E-state index in [1.807, 2.05) is 6.07 Å². The predicted octanol–water partition coefficient (Wildman–Crippen LogP) is 1.62. The average Bonchev–Trinajstić information content (AvgIpc) is 2.97. The Labute approximate surface area is 123 Å². The highest BCUT2D eigenvalue weighted by atomic mass is 79.9. The maximum absolute atomic E-state index is 10.9. The van der Waals surface area contributed by atoms with Crippen molar-refractivity contribution in [2.24, 2.45) is 5.92 Å². The Kier molecular flexibility index (Phi) is 3.25. The van der Waals surface area contributed by atoms with Gasteiger partial charge in [-0.1, -0.05) is 0 Å². The van der Waals surface area contributed by atoms with Gasteiger partial charge in [-0.15, -0.1) is 0 Å². The largest absolute Gasteiger partial charge is 0.465 e. The zero-order chi connectivity index (χ0) is 14.3. The lowest BCUT2D eigenvalue weighted by molar-refractivity contribution is 0.154. The summed E-state index contributed by atoms with van der Waals surface area (Å²) in [7, 11) is 0. The zero-order valence-corrected chi connectivity index (χ0v) is 12.2. The van der Waals surface area contributed by atoms with Crippen molar-refractivity contribution in [3.63, 3.8) is 0 Å². The Morgan fingerprint density at radius 3 is 3.10 bits per heavy atom. The van der Waals surface area contributed by atoms with Gasteiger partial charge in [-0.2, -0.15) is 5.10 Å². The molecule has 0 saturated carbocycles. The van der Waals surface area contributed by atoms with Gasteiger partial charge in [0.2, 0.25) is 0 Å². The minimum atomic E-state index is -0.847. The van der Waals surface area contributed by atoms with E-state index in [0.717, 1.165) is 28.5 Å². The van der Waals surface area contributed by atoms with E-state index in [0.29, 0.717) is 24.8 Å². The molecule has 3 N–H and O–H groups in total. The van der Waals surface area contributed by atoms with Gasteiger partial charge in [-0.25, -0.2) is 14.3 Å². The van der Waals surface area contributed by atoms with E-state index in [1.54, 1.807) is 4.52 Å². The van der Waals surface area contributed by atoms with Crippen molar-refractivity contribution in [3.8, 4) is 0 Å². The number of anilines is 1. The monoisotopic (exact) mass is 339 g/mol. The summed E-state index contributed by atoms with van der Waals surface area (Å²) in [5, 5.41) is 13.2. The third-order valence-corrected chi connectivity index (χ3v) is 4.27. The van der Waals surface area contributed by atoms with Crippen LogP contribution in [0.1, 0.15) is 12.1 Å². The van der Waals surface area contributed by atoms with Crippen LogP contribution in [0.5, 0.6) is 0 Å². The zero-order valence-electron chi connectivity index (χ0n) is 10.7. The number of aromatic nitrogens is 3. The van der Waals surface area contributed by atoms with Gasteiger partial charge in [0, 0.05) is 23.3 Å². The molecule has 2 aromatic heterocycles. The number of rotatable bonds is 2. The van der Waals surface area contributed by atoms with Crippen molar-refractivity contribution in [2.75, 3.05) is 18.8 Å². The summed E-state index contributed by atoms with van der Waals surface area (Å²) in [6.45, 7) is 1.17. The molecule has 3 heterocycles. The van der Waals surface area contributed by atoms with Gasteiger partial charge in [0.1, 0.15) is 11.8 Å². The number of hydrogen-bond acceptors (Lipinski definition) is 4. The fourth-order valence-corrected chi connectivity index (χ4v) is 3.33. The number of amides is 1. The molecule has 3 rings (SSSR count). The Balaban J connectivity index is 1.86. The molecular formula is C12H14BrN5O2. The van der Waals surface area contributed by atoms with Gasteiger partial charge < -0.3 is 15.7 Å². The molecule has 0 radical (unpaired) electrons. The van der Waals surface area contributed by atoms with E-state index in [9.17, 15) is 4.79 Å². The minimum Gasteiger partial charge on any atom is -0.465 e. The van der Waals surface area contributed by atoms with E-state index >= 15 is 0 Å². The van der Waals surface area contributed by atoms with Crippen LogP contribution in [-0.2, 0) is 6.42 Å². The lowest BCUT2D eigenvalue weighted by Gasteiger charge is -2.12. The summed E-state index contributed by atoms with van der Waals surface area (Å²) in [5.74, 6) is 0.740. The molecule has 1 unspecified atom stereocenters. The van der Waals surface area contributed by atoms with E-state index in [1.165, 1.54) is 11.2 Å². The van der Waals surface area contributed by atoms with Crippen molar-refractivity contribution in [1.82, 2.24) is 19.5 Å². The third-order valence-electron chi connectivity index (χ3n) is 3.66. The first-order valence-electron chi connectivity index (χ1n) is 6.30. The lowest BCUT2D eigenvalue weighted by atomic mass is 10.0. The Morgan fingerprint density at radius 2 is 2.40 bits per heavy atom. The molecule has 8 heteroatoms. The first-order chi connectivity index (χ1) is 9.56. The number of nitrogens with two attached hydrogens (primary N) is 1. The standard InChI is InChI=1S/C12H14BrN5O2/c13-9-4-8(18-10(9)11(14)15-6-16-18)3-7-1-2-17(5-7)12(19)20/h4,6-7H,1-3,5H2,(H,19,20)(H2,14,15,16). The van der Waals surface area contributed by atoms with Crippen molar-refractivity contribution < 1.29 is 9.90 Å². The van der Waals surface area contributed by atoms with E-state index in [-0.39, 0.29) is 0 Å². The van der Waals surface area contributed by atoms with Gasteiger partial charge in [0.15, 0.2) is 5.82 Å². The number of nitrogen functional groups attached to an aromatic ring is 1. The number of likely N-dealkylation sites (tertiary alicyclic amines) is 1. The second-order valence-electron chi connectivity index (χ2n) is 4.98. The predicted molar refractivity (Wildman–Crippen MR) is 76.5 cm³/mol. The van der Waals surface area contributed by atoms with E-state index < -0.39 is 6.09 Å². The molecule has 2 aromatic rings. The molecule has 1 atom stereocenters. The molecule has 0 aromatic carbocycles. The first kappa shape index (κ1) is 13.2. The number of carbonyl (C=O) groups is 1. The smallest absolute Gasteiger partial charge is 0.407 e. The number of hydrogen-bond donors (Lipinski definition) is 2. The lowest BCUT2D eigenvalue weighted by Crippen LogP contribution is -2.27. The minimum absolute atomic E-state index is 0.312. The summed E-state index contributed by atoms with van der Waals surface area (Å²) < 4.78 is 2.63. The van der Waals surface area contributed by atoms with Crippen LogP contribution >= 0.6 is 15.9 Å². The molecule has 7 nitrogen and oxygen atoms in total. The Hall–Kier alpha value is -1.83. The molecular weight excluding hydrogens is 326 g/mol. The summed E-state index contributed by atoms with van der Waals surface area (Å²) in [6, 6.07) is 1.98. The topological polar surface area (TPSA) is 96.8 Å². The highest BCUT2D eigenvalue weighted by Gasteiger charge is 2.27. The van der Waals surface area contributed by atoms with E-state index in [4.69, 9.17) is 10.8 Å². The molecule has 0 bridgehead atoms. The molecule has 0 aliphatic carbocycles. The molecule has 1 amide bonds. The highest BCUT2D eigenvalue weighted by Crippen LogP contribution is 2.28. The Bertz CT molecular complexity index is 671. The number of fused-ring (bicyclic) bond motifs is 1. The van der Waals surface area contributed by atoms with Gasteiger partial charge >= 0.3 is 6.09 Å². The first-order valence-corrected chi connectivity index (χ1v) is 7.10. The van der Waals surface area contributed by atoms with Crippen molar-refractivity contribution in [2.45, 2.75) is 12.8 Å². The van der Waals surface area contributed by atoms with Crippen LogP contribution in [0.25, 0.3) is 5.52 Å². The normalized spacial score (nSPS) is 18.9. The summed E-state index contributed by atoms with van der Waals surface area (Å²) in [5.41, 5.74) is 7.62. The quantitative estimate of drug-likeness (QED) is 0.866. The van der Waals surface area contributed by atoms with Crippen LogP contribution in [-0.4, -0.2) is 43.8 Å². The molecule has 1 saturated heterocycles. The molecule has 1 aliphatic heterocycles. The second-order valence-corrected chi connectivity index (χ2v) is 5.83. The van der Waals surface area contributed by atoms with Crippen molar-refractivity contribution in [3.05, 3.63) is 22.6 Å². The second kappa shape index (κ2) is 4.93. The Morgan fingerprint density at radius 1 is 1.60 bits per heavy atom. The fraction of sp³-hybridized carbons (Fsp3) is 0.417.